The highest BCUT2D eigenvalue weighted by molar-refractivity contribution is 6.00. The van der Waals surface area contributed by atoms with E-state index in [9.17, 15) is 4.79 Å². The van der Waals surface area contributed by atoms with Gasteiger partial charge in [0.15, 0.2) is 5.65 Å². The summed E-state index contributed by atoms with van der Waals surface area (Å²) < 4.78 is 1.64. The second-order valence-electron chi connectivity index (χ2n) is 6.69. The van der Waals surface area contributed by atoms with Crippen LogP contribution in [0.4, 0.5) is 11.5 Å². The van der Waals surface area contributed by atoms with Crippen LogP contribution in [-0.2, 0) is 0 Å². The van der Waals surface area contributed by atoms with Crippen molar-refractivity contribution in [3.05, 3.63) is 48.5 Å². The Balaban J connectivity index is 1.61. The molecule has 4 rings (SSSR count). The van der Waals surface area contributed by atoms with Crippen molar-refractivity contribution >= 4 is 23.1 Å². The lowest BCUT2D eigenvalue weighted by Crippen LogP contribution is -2.36. The summed E-state index contributed by atoms with van der Waals surface area (Å²) in [5.74, 6) is 0.637. The van der Waals surface area contributed by atoms with Crippen LogP contribution in [0.3, 0.4) is 0 Å². The first-order valence-electron chi connectivity index (χ1n) is 9.01. The van der Waals surface area contributed by atoms with Crippen molar-refractivity contribution in [2.45, 2.75) is 38.1 Å². The summed E-state index contributed by atoms with van der Waals surface area (Å²) in [5.41, 5.74) is 2.00. The number of nitrogens with zero attached hydrogens (tertiary/aromatic N) is 5. The third kappa shape index (κ3) is 3.24. The Bertz CT molecular complexity index is 901. The average molecular weight is 350 g/mol. The Morgan fingerprint density at radius 2 is 2.08 bits per heavy atom. The predicted molar refractivity (Wildman–Crippen MR) is 99.6 cm³/mol. The largest absolute Gasteiger partial charge is 0.349 e. The molecule has 3 heterocycles. The van der Waals surface area contributed by atoms with Crippen LogP contribution in [-0.4, -0.2) is 38.6 Å². The predicted octanol–water partition coefficient (Wildman–Crippen LogP) is 2.95. The van der Waals surface area contributed by atoms with Gasteiger partial charge in [0.25, 0.3) is 5.91 Å². The molecule has 26 heavy (non-hydrogen) atoms. The van der Waals surface area contributed by atoms with E-state index in [0.29, 0.717) is 11.2 Å². The lowest BCUT2D eigenvalue weighted by molar-refractivity contribution is 0.0929. The number of aromatic nitrogens is 4. The molecule has 0 atom stereocenters. The first-order valence-corrected chi connectivity index (χ1v) is 9.01. The molecule has 0 aliphatic heterocycles. The lowest BCUT2D eigenvalue weighted by atomic mass is 9.95. The van der Waals surface area contributed by atoms with Gasteiger partial charge < -0.3 is 10.2 Å². The molecule has 0 spiro atoms. The second-order valence-corrected chi connectivity index (χ2v) is 6.69. The van der Waals surface area contributed by atoms with Gasteiger partial charge in [-0.3, -0.25) is 9.78 Å². The Kier molecular flexibility index (Phi) is 4.51. The molecule has 0 radical (unpaired) electrons. The molecular formula is C19H22N6O. The number of nitrogens with one attached hydrogen (secondary N) is 1. The van der Waals surface area contributed by atoms with Gasteiger partial charge in [0.1, 0.15) is 11.4 Å². The summed E-state index contributed by atoms with van der Waals surface area (Å²) in [6.45, 7) is 0. The zero-order valence-electron chi connectivity index (χ0n) is 14.8. The Labute approximate surface area is 152 Å². The van der Waals surface area contributed by atoms with Crippen LogP contribution in [0.2, 0.25) is 0 Å². The number of amides is 1. The summed E-state index contributed by atoms with van der Waals surface area (Å²) in [6.07, 6.45) is 12.6. The highest BCUT2D eigenvalue weighted by Gasteiger charge is 2.20. The third-order valence-corrected chi connectivity index (χ3v) is 4.92. The van der Waals surface area contributed by atoms with Crippen molar-refractivity contribution < 1.29 is 4.79 Å². The molecular weight excluding hydrogens is 328 g/mol. The maximum atomic E-state index is 12.7. The number of carbonyl (C=O) groups is 1. The fourth-order valence-electron chi connectivity index (χ4n) is 3.40. The molecule has 7 heteroatoms. The van der Waals surface area contributed by atoms with Gasteiger partial charge >= 0.3 is 0 Å². The van der Waals surface area contributed by atoms with Gasteiger partial charge in [-0.05, 0) is 31.0 Å². The molecule has 134 valence electrons. The number of pyridine rings is 1. The van der Waals surface area contributed by atoms with E-state index in [1.54, 1.807) is 23.1 Å². The van der Waals surface area contributed by atoms with E-state index in [0.717, 1.165) is 24.3 Å². The quantitative estimate of drug-likeness (QED) is 0.783. The van der Waals surface area contributed by atoms with Crippen LogP contribution in [0.15, 0.2) is 43.0 Å². The molecule has 1 N–H and O–H groups in total. The number of hydrogen-bond acceptors (Lipinski definition) is 5. The molecule has 1 aliphatic carbocycles. The van der Waals surface area contributed by atoms with Gasteiger partial charge in [-0.1, -0.05) is 19.3 Å². The standard InChI is InChI=1S/C19H22N6O/c1-24(15-8-5-10-20-12-15)17-9-11-25-18(23-17)16(13-21-25)19(26)22-14-6-3-2-4-7-14/h5,8-14H,2-4,6-7H2,1H3,(H,22,26). The topological polar surface area (TPSA) is 75.4 Å². The molecule has 3 aromatic heterocycles. The van der Waals surface area contributed by atoms with Gasteiger partial charge in [-0.2, -0.15) is 5.10 Å². The van der Waals surface area contributed by atoms with Crippen molar-refractivity contribution in [1.82, 2.24) is 24.9 Å². The number of fused-ring (bicyclic) bond motifs is 1. The fourth-order valence-corrected chi connectivity index (χ4v) is 3.40. The van der Waals surface area contributed by atoms with Crippen molar-refractivity contribution in [2.75, 3.05) is 11.9 Å². The Morgan fingerprint density at radius 3 is 2.85 bits per heavy atom. The van der Waals surface area contributed by atoms with E-state index in [-0.39, 0.29) is 11.9 Å². The molecule has 0 saturated heterocycles. The van der Waals surface area contributed by atoms with Gasteiger partial charge in [0, 0.05) is 25.5 Å². The first kappa shape index (κ1) is 16.5. The summed E-state index contributed by atoms with van der Waals surface area (Å²) in [7, 11) is 1.92. The maximum Gasteiger partial charge on any atom is 0.256 e. The highest BCUT2D eigenvalue weighted by atomic mass is 16.1. The van der Waals surface area contributed by atoms with Crippen molar-refractivity contribution in [3.8, 4) is 0 Å². The molecule has 7 nitrogen and oxygen atoms in total. The summed E-state index contributed by atoms with van der Waals surface area (Å²) in [5, 5.41) is 7.41. The highest BCUT2D eigenvalue weighted by Crippen LogP contribution is 2.22. The monoisotopic (exact) mass is 350 g/mol. The average Bonchev–Trinajstić information content (AvgIpc) is 3.12. The zero-order valence-corrected chi connectivity index (χ0v) is 14.8. The summed E-state index contributed by atoms with van der Waals surface area (Å²) >= 11 is 0. The van der Waals surface area contributed by atoms with Crippen LogP contribution < -0.4 is 10.2 Å². The van der Waals surface area contributed by atoms with Crippen molar-refractivity contribution in [3.63, 3.8) is 0 Å². The van der Waals surface area contributed by atoms with E-state index in [1.807, 2.05) is 36.3 Å². The molecule has 3 aromatic rings. The SMILES string of the molecule is CN(c1cccnc1)c1ccn2ncc(C(=O)NC3CCCCC3)c2n1. The minimum Gasteiger partial charge on any atom is -0.349 e. The van der Waals surface area contributed by atoms with Crippen molar-refractivity contribution in [1.29, 1.82) is 0 Å². The third-order valence-electron chi connectivity index (χ3n) is 4.92. The van der Waals surface area contributed by atoms with Gasteiger partial charge in [0.05, 0.1) is 18.1 Å². The minimum absolute atomic E-state index is 0.0967. The normalized spacial score (nSPS) is 15.1. The van der Waals surface area contributed by atoms with Gasteiger partial charge in [-0.15, -0.1) is 0 Å². The van der Waals surface area contributed by atoms with Gasteiger partial charge in [0.2, 0.25) is 0 Å². The van der Waals surface area contributed by atoms with Crippen molar-refractivity contribution in [2.24, 2.45) is 0 Å². The van der Waals surface area contributed by atoms with E-state index in [4.69, 9.17) is 0 Å². The second kappa shape index (κ2) is 7.11. The van der Waals surface area contributed by atoms with Crippen LogP contribution in [0.25, 0.3) is 5.65 Å². The number of hydrogen-bond donors (Lipinski definition) is 1. The summed E-state index contributed by atoms with van der Waals surface area (Å²) in [6, 6.07) is 5.97. The van der Waals surface area contributed by atoms with Gasteiger partial charge in [-0.25, -0.2) is 9.50 Å². The zero-order chi connectivity index (χ0) is 17.9. The van der Waals surface area contributed by atoms with Crippen LogP contribution in [0.1, 0.15) is 42.5 Å². The minimum atomic E-state index is -0.0967. The van der Waals surface area contributed by atoms with Crippen LogP contribution >= 0.6 is 0 Å². The number of anilines is 2. The molecule has 1 fully saturated rings. The first-order chi connectivity index (χ1) is 12.7. The lowest BCUT2D eigenvalue weighted by Gasteiger charge is -2.22. The number of rotatable bonds is 4. The Morgan fingerprint density at radius 1 is 1.23 bits per heavy atom. The van der Waals surface area contributed by atoms with E-state index < -0.39 is 0 Å². The summed E-state index contributed by atoms with van der Waals surface area (Å²) in [4.78, 5) is 23.5. The van der Waals surface area contributed by atoms with E-state index in [1.165, 1.54) is 19.3 Å². The molecule has 1 saturated carbocycles. The maximum absolute atomic E-state index is 12.7. The molecule has 1 aliphatic rings. The smallest absolute Gasteiger partial charge is 0.256 e. The van der Waals surface area contributed by atoms with E-state index >= 15 is 0 Å². The van der Waals surface area contributed by atoms with Crippen LogP contribution in [0.5, 0.6) is 0 Å². The molecule has 0 bridgehead atoms. The van der Waals surface area contributed by atoms with E-state index in [2.05, 4.69) is 20.4 Å². The Hall–Kier alpha value is -2.96. The molecule has 1 amide bonds. The van der Waals surface area contributed by atoms with Crippen LogP contribution in [0, 0.1) is 0 Å². The molecule has 0 aromatic carbocycles. The number of carbonyl (C=O) groups excluding carboxylic acids is 1. The molecule has 0 unspecified atom stereocenters. The fraction of sp³-hybridized carbons (Fsp3) is 0.368.